The molecule has 5 heteroatoms. The Morgan fingerprint density at radius 3 is 1.86 bits per heavy atom. The van der Waals surface area contributed by atoms with Crippen molar-refractivity contribution < 1.29 is 13.3 Å². The Balaban J connectivity index is 4.43. The van der Waals surface area contributed by atoms with E-state index in [9.17, 15) is 0 Å². The summed E-state index contributed by atoms with van der Waals surface area (Å²) in [7, 11) is -2.48. The Kier molecular flexibility index (Phi) is 12.2. The second-order valence-corrected chi connectivity index (χ2v) is 8.22. The Hall–Kier alpha value is -0.233. The van der Waals surface area contributed by atoms with Crippen molar-refractivity contribution in [3.05, 3.63) is 0 Å². The normalized spacial score (nSPS) is 13.2. The number of nitrogens with zero attached hydrogens (tertiary/aromatic N) is 1. The average molecular weight is 318 g/mol. The van der Waals surface area contributed by atoms with E-state index in [0.717, 1.165) is 31.9 Å². The molecular formula is C16H35NO3Si. The van der Waals surface area contributed by atoms with Gasteiger partial charge in [0, 0.05) is 38.1 Å². The van der Waals surface area contributed by atoms with Gasteiger partial charge in [0.25, 0.3) is 0 Å². The Bertz CT molecular complexity index is 266. The molecule has 4 nitrogen and oxygen atoms in total. The molecule has 0 aliphatic carbocycles. The van der Waals surface area contributed by atoms with E-state index in [2.05, 4.69) is 20.8 Å². The summed E-state index contributed by atoms with van der Waals surface area (Å²) in [5.41, 5.74) is 1.32. The zero-order valence-corrected chi connectivity index (χ0v) is 15.9. The summed E-state index contributed by atoms with van der Waals surface area (Å²) in [5, 5.41) is 0. The topological polar surface area (TPSA) is 40.0 Å². The van der Waals surface area contributed by atoms with Crippen molar-refractivity contribution in [3.63, 3.8) is 0 Å². The van der Waals surface area contributed by atoms with Crippen LogP contribution in [-0.2, 0) is 13.3 Å². The van der Waals surface area contributed by atoms with E-state index in [0.29, 0.717) is 25.7 Å². The maximum absolute atomic E-state index is 5.85. The third-order valence-electron chi connectivity index (χ3n) is 3.12. The largest absolute Gasteiger partial charge is 0.500 e. The molecule has 0 saturated heterocycles. The molecular weight excluding hydrogens is 282 g/mol. The molecule has 0 atom stereocenters. The van der Waals surface area contributed by atoms with Crippen molar-refractivity contribution in [2.75, 3.05) is 26.4 Å². The lowest BCUT2D eigenvalue weighted by atomic mass is 10.1. The first-order valence-corrected chi connectivity index (χ1v) is 10.4. The fourth-order valence-corrected chi connectivity index (χ4v) is 4.92. The predicted octanol–water partition coefficient (Wildman–Crippen LogP) is 4.32. The molecule has 0 bridgehead atoms. The molecule has 126 valence electrons. The molecule has 0 spiro atoms. The van der Waals surface area contributed by atoms with Crippen LogP contribution in [0.2, 0.25) is 6.04 Å². The molecule has 0 aliphatic rings. The SMILES string of the molecule is CCO[Si](CCCN=C(CC)CC(C)C)(OCC)OCC. The van der Waals surface area contributed by atoms with Crippen molar-refractivity contribution in [1.82, 2.24) is 0 Å². The van der Waals surface area contributed by atoms with Crippen LogP contribution in [0, 0.1) is 5.92 Å². The third kappa shape index (κ3) is 9.40. The standard InChI is InChI=1S/C16H35NO3Si/c1-7-16(14-15(5)6)17-12-11-13-21(18-8-2,19-9-3)20-10-4/h15H,7-14H2,1-6H3. The zero-order valence-electron chi connectivity index (χ0n) is 14.9. The summed E-state index contributed by atoms with van der Waals surface area (Å²) in [6.45, 7) is 15.4. The number of hydrogen-bond donors (Lipinski definition) is 0. The second-order valence-electron chi connectivity index (χ2n) is 5.49. The lowest BCUT2D eigenvalue weighted by Crippen LogP contribution is -2.46. The first kappa shape index (κ1) is 20.8. The van der Waals surface area contributed by atoms with E-state index in [-0.39, 0.29) is 0 Å². The van der Waals surface area contributed by atoms with Crippen LogP contribution in [0.15, 0.2) is 4.99 Å². The van der Waals surface area contributed by atoms with Crippen LogP contribution >= 0.6 is 0 Å². The highest BCUT2D eigenvalue weighted by atomic mass is 28.4. The van der Waals surface area contributed by atoms with Crippen molar-refractivity contribution >= 4 is 14.5 Å². The first-order valence-electron chi connectivity index (χ1n) is 8.47. The van der Waals surface area contributed by atoms with Gasteiger partial charge in [-0.15, -0.1) is 0 Å². The van der Waals surface area contributed by atoms with E-state index < -0.39 is 8.80 Å². The lowest BCUT2D eigenvalue weighted by molar-refractivity contribution is 0.0710. The zero-order chi connectivity index (χ0) is 16.1. The van der Waals surface area contributed by atoms with Gasteiger partial charge in [0.15, 0.2) is 0 Å². The molecule has 0 N–H and O–H groups in total. The van der Waals surface area contributed by atoms with Gasteiger partial charge in [0.1, 0.15) is 0 Å². The molecule has 0 aromatic carbocycles. The maximum atomic E-state index is 5.85. The highest BCUT2D eigenvalue weighted by Crippen LogP contribution is 2.18. The van der Waals surface area contributed by atoms with Gasteiger partial charge in [-0.05, 0) is 46.0 Å². The van der Waals surface area contributed by atoms with Crippen molar-refractivity contribution in [2.45, 2.75) is 66.8 Å². The van der Waals surface area contributed by atoms with Gasteiger partial charge in [-0.3, -0.25) is 4.99 Å². The van der Waals surface area contributed by atoms with Gasteiger partial charge in [-0.25, -0.2) is 0 Å². The van der Waals surface area contributed by atoms with Gasteiger partial charge < -0.3 is 13.3 Å². The molecule has 0 fully saturated rings. The van der Waals surface area contributed by atoms with Crippen LogP contribution in [0.25, 0.3) is 0 Å². The third-order valence-corrected chi connectivity index (χ3v) is 6.27. The molecule has 0 aromatic heterocycles. The molecule has 0 heterocycles. The van der Waals surface area contributed by atoms with Crippen molar-refractivity contribution in [3.8, 4) is 0 Å². The smallest absolute Gasteiger partial charge is 0.374 e. The highest BCUT2D eigenvalue weighted by Gasteiger charge is 2.39. The highest BCUT2D eigenvalue weighted by molar-refractivity contribution is 6.60. The van der Waals surface area contributed by atoms with Gasteiger partial charge in [-0.1, -0.05) is 20.8 Å². The molecule has 0 radical (unpaired) electrons. The summed E-state index contributed by atoms with van der Waals surface area (Å²) in [6.07, 6.45) is 3.11. The van der Waals surface area contributed by atoms with Crippen molar-refractivity contribution in [2.24, 2.45) is 10.9 Å². The first-order chi connectivity index (χ1) is 10.0. The number of aliphatic imine (C=N–C) groups is 1. The van der Waals surface area contributed by atoms with Gasteiger partial charge in [0.2, 0.25) is 0 Å². The van der Waals surface area contributed by atoms with Crippen LogP contribution in [-0.4, -0.2) is 40.9 Å². The minimum atomic E-state index is -2.48. The fourth-order valence-electron chi connectivity index (χ4n) is 2.33. The van der Waals surface area contributed by atoms with E-state index >= 15 is 0 Å². The van der Waals surface area contributed by atoms with Crippen LogP contribution < -0.4 is 0 Å². The molecule has 21 heavy (non-hydrogen) atoms. The van der Waals surface area contributed by atoms with E-state index in [1.807, 2.05) is 20.8 Å². The number of rotatable bonds is 13. The summed E-state index contributed by atoms with van der Waals surface area (Å²) in [4.78, 5) is 4.74. The van der Waals surface area contributed by atoms with Crippen LogP contribution in [0.5, 0.6) is 0 Å². The minimum Gasteiger partial charge on any atom is -0.374 e. The quantitative estimate of drug-likeness (QED) is 0.288. The molecule has 0 aromatic rings. The fraction of sp³-hybridized carbons (Fsp3) is 0.938. The van der Waals surface area contributed by atoms with Gasteiger partial charge in [0.05, 0.1) is 0 Å². The molecule has 0 saturated carbocycles. The Morgan fingerprint density at radius 1 is 0.952 bits per heavy atom. The van der Waals surface area contributed by atoms with E-state index in [1.165, 1.54) is 5.71 Å². The average Bonchev–Trinajstić information content (AvgIpc) is 2.42. The van der Waals surface area contributed by atoms with Crippen LogP contribution in [0.3, 0.4) is 0 Å². The lowest BCUT2D eigenvalue weighted by Gasteiger charge is -2.28. The summed E-state index contributed by atoms with van der Waals surface area (Å²) >= 11 is 0. The molecule has 0 aliphatic heterocycles. The van der Waals surface area contributed by atoms with E-state index in [1.54, 1.807) is 0 Å². The summed E-state index contributed by atoms with van der Waals surface area (Å²) < 4.78 is 17.6. The van der Waals surface area contributed by atoms with Gasteiger partial charge >= 0.3 is 8.80 Å². The molecule has 0 amide bonds. The molecule has 0 rings (SSSR count). The number of hydrogen-bond acceptors (Lipinski definition) is 4. The maximum Gasteiger partial charge on any atom is 0.500 e. The van der Waals surface area contributed by atoms with Gasteiger partial charge in [-0.2, -0.15) is 0 Å². The predicted molar refractivity (Wildman–Crippen MR) is 92.1 cm³/mol. The Labute approximate surface area is 132 Å². The van der Waals surface area contributed by atoms with Crippen LogP contribution in [0.4, 0.5) is 0 Å². The Morgan fingerprint density at radius 2 is 1.48 bits per heavy atom. The monoisotopic (exact) mass is 317 g/mol. The summed E-state index contributed by atoms with van der Waals surface area (Å²) in [6, 6.07) is 0.852. The van der Waals surface area contributed by atoms with Crippen LogP contribution in [0.1, 0.15) is 60.8 Å². The van der Waals surface area contributed by atoms with E-state index in [4.69, 9.17) is 18.3 Å². The summed E-state index contributed by atoms with van der Waals surface area (Å²) in [5.74, 6) is 0.674. The van der Waals surface area contributed by atoms with Crippen molar-refractivity contribution in [1.29, 1.82) is 0 Å². The molecule has 0 unspecified atom stereocenters. The second kappa shape index (κ2) is 12.3. The minimum absolute atomic E-state index is 0.642.